The van der Waals surface area contributed by atoms with Gasteiger partial charge in [0.15, 0.2) is 0 Å². The molecule has 2 saturated heterocycles. The van der Waals surface area contributed by atoms with Crippen LogP contribution >= 0.6 is 0 Å². The molecule has 2 fully saturated rings. The van der Waals surface area contributed by atoms with Gasteiger partial charge in [0.25, 0.3) is 0 Å². The summed E-state index contributed by atoms with van der Waals surface area (Å²) in [7, 11) is 1.94. The minimum Gasteiger partial charge on any atom is -0.370 e. The van der Waals surface area contributed by atoms with Crippen molar-refractivity contribution in [1.29, 1.82) is 0 Å². The number of anilines is 1. The first kappa shape index (κ1) is 16.3. The molecule has 1 amide bonds. The molecule has 23 heavy (non-hydrogen) atoms. The van der Waals surface area contributed by atoms with Crippen molar-refractivity contribution < 1.29 is 4.79 Å². The van der Waals surface area contributed by atoms with Gasteiger partial charge in [-0.2, -0.15) is 0 Å². The summed E-state index contributed by atoms with van der Waals surface area (Å²) < 4.78 is 0. The maximum Gasteiger partial charge on any atom is 0.222 e. The molecule has 3 rings (SSSR count). The number of para-hydroxylation sites is 1. The van der Waals surface area contributed by atoms with Crippen LogP contribution in [0.5, 0.6) is 0 Å². The van der Waals surface area contributed by atoms with E-state index in [4.69, 9.17) is 0 Å². The number of carbonyl (C=O) groups is 1. The number of carbonyl (C=O) groups excluding carboxylic acids is 1. The lowest BCUT2D eigenvalue weighted by Crippen LogP contribution is -2.42. The van der Waals surface area contributed by atoms with E-state index in [9.17, 15) is 4.79 Å². The molecule has 0 spiro atoms. The fourth-order valence-corrected chi connectivity index (χ4v) is 3.93. The number of rotatable bonds is 3. The maximum absolute atomic E-state index is 11.6. The predicted octanol–water partition coefficient (Wildman–Crippen LogP) is 2.38. The number of amides is 1. The third-order valence-corrected chi connectivity index (χ3v) is 5.29. The molecule has 4 heteroatoms. The summed E-state index contributed by atoms with van der Waals surface area (Å²) in [6.07, 6.45) is 3.00. The second-order valence-corrected chi connectivity index (χ2v) is 7.11. The maximum atomic E-state index is 11.6. The molecule has 1 aromatic rings. The van der Waals surface area contributed by atoms with Gasteiger partial charge >= 0.3 is 0 Å². The smallest absolute Gasteiger partial charge is 0.222 e. The van der Waals surface area contributed by atoms with Crippen molar-refractivity contribution in [1.82, 2.24) is 9.80 Å². The Bertz CT molecular complexity index is 545. The standard InChI is InChI=1S/C19H29N3O/c1-16-6-3-4-7-18(16)22-11-5-10-21(12-13-22)15-17-8-9-19(23)20(2)14-17/h3-4,6-7,17H,5,8-15H2,1-2H3. The Morgan fingerprint density at radius 2 is 1.96 bits per heavy atom. The number of benzene rings is 1. The molecule has 1 unspecified atom stereocenters. The van der Waals surface area contributed by atoms with Gasteiger partial charge in [-0.25, -0.2) is 0 Å². The second-order valence-electron chi connectivity index (χ2n) is 7.11. The van der Waals surface area contributed by atoms with Crippen molar-refractivity contribution in [2.45, 2.75) is 26.2 Å². The summed E-state index contributed by atoms with van der Waals surface area (Å²) >= 11 is 0. The number of piperidine rings is 1. The van der Waals surface area contributed by atoms with E-state index in [-0.39, 0.29) is 0 Å². The lowest BCUT2D eigenvalue weighted by molar-refractivity contribution is -0.133. The zero-order chi connectivity index (χ0) is 16.2. The van der Waals surface area contributed by atoms with Crippen LogP contribution in [0.4, 0.5) is 5.69 Å². The van der Waals surface area contributed by atoms with Crippen molar-refractivity contribution in [2.75, 3.05) is 51.2 Å². The summed E-state index contributed by atoms with van der Waals surface area (Å²) in [6.45, 7) is 8.82. The van der Waals surface area contributed by atoms with Gasteiger partial charge in [-0.05, 0) is 43.9 Å². The first-order chi connectivity index (χ1) is 11.1. The van der Waals surface area contributed by atoms with Crippen molar-refractivity contribution in [3.05, 3.63) is 29.8 Å². The van der Waals surface area contributed by atoms with Gasteiger partial charge in [-0.1, -0.05) is 18.2 Å². The number of hydrogen-bond acceptors (Lipinski definition) is 3. The van der Waals surface area contributed by atoms with Crippen LogP contribution in [-0.4, -0.2) is 62.0 Å². The monoisotopic (exact) mass is 315 g/mol. The van der Waals surface area contributed by atoms with Crippen LogP contribution in [-0.2, 0) is 4.79 Å². The molecular formula is C19H29N3O. The Morgan fingerprint density at radius 3 is 2.74 bits per heavy atom. The van der Waals surface area contributed by atoms with Crippen LogP contribution in [0.3, 0.4) is 0 Å². The van der Waals surface area contributed by atoms with Crippen LogP contribution in [0.1, 0.15) is 24.8 Å². The van der Waals surface area contributed by atoms with Gasteiger partial charge < -0.3 is 14.7 Å². The molecule has 0 saturated carbocycles. The second kappa shape index (κ2) is 7.35. The average Bonchev–Trinajstić information content (AvgIpc) is 2.77. The van der Waals surface area contributed by atoms with E-state index in [0.29, 0.717) is 11.8 Å². The molecule has 4 nitrogen and oxygen atoms in total. The molecule has 0 aromatic heterocycles. The Hall–Kier alpha value is -1.55. The van der Waals surface area contributed by atoms with Crippen molar-refractivity contribution in [3.63, 3.8) is 0 Å². The van der Waals surface area contributed by atoms with Crippen LogP contribution in [0.15, 0.2) is 24.3 Å². The van der Waals surface area contributed by atoms with Gasteiger partial charge in [0.2, 0.25) is 5.91 Å². The highest BCUT2D eigenvalue weighted by atomic mass is 16.2. The largest absolute Gasteiger partial charge is 0.370 e. The fraction of sp³-hybridized carbons (Fsp3) is 0.632. The fourth-order valence-electron chi connectivity index (χ4n) is 3.93. The normalized spacial score (nSPS) is 23.9. The van der Waals surface area contributed by atoms with E-state index < -0.39 is 0 Å². The van der Waals surface area contributed by atoms with Gasteiger partial charge in [-0.15, -0.1) is 0 Å². The summed E-state index contributed by atoms with van der Waals surface area (Å²) in [4.78, 5) is 18.7. The SMILES string of the molecule is Cc1ccccc1N1CCCN(CC2CCC(=O)N(C)C2)CC1. The molecular weight excluding hydrogens is 286 g/mol. The lowest BCUT2D eigenvalue weighted by Gasteiger charge is -2.33. The third-order valence-electron chi connectivity index (χ3n) is 5.29. The van der Waals surface area contributed by atoms with E-state index in [1.807, 2.05) is 11.9 Å². The van der Waals surface area contributed by atoms with Crippen molar-refractivity contribution in [3.8, 4) is 0 Å². The van der Waals surface area contributed by atoms with Crippen LogP contribution < -0.4 is 4.90 Å². The minimum absolute atomic E-state index is 0.308. The Labute approximate surface area is 140 Å². The number of aryl methyl sites for hydroxylation is 1. The van der Waals surface area contributed by atoms with E-state index in [1.165, 1.54) is 24.2 Å². The summed E-state index contributed by atoms with van der Waals surface area (Å²) in [6, 6.07) is 8.70. The summed E-state index contributed by atoms with van der Waals surface area (Å²) in [5.74, 6) is 0.950. The number of nitrogens with zero attached hydrogens (tertiary/aromatic N) is 3. The van der Waals surface area contributed by atoms with Crippen molar-refractivity contribution >= 4 is 11.6 Å². The molecule has 2 aliphatic rings. The van der Waals surface area contributed by atoms with Crippen LogP contribution in [0, 0.1) is 12.8 Å². The highest BCUT2D eigenvalue weighted by Crippen LogP contribution is 2.22. The number of likely N-dealkylation sites (tertiary alicyclic amines) is 1. The summed E-state index contributed by atoms with van der Waals surface area (Å²) in [5.41, 5.74) is 2.76. The number of hydrogen-bond donors (Lipinski definition) is 0. The van der Waals surface area contributed by atoms with Crippen LogP contribution in [0.2, 0.25) is 0 Å². The average molecular weight is 315 g/mol. The quantitative estimate of drug-likeness (QED) is 0.857. The van der Waals surface area contributed by atoms with Gasteiger partial charge in [0, 0.05) is 51.9 Å². The molecule has 0 bridgehead atoms. The predicted molar refractivity (Wildman–Crippen MR) is 94.8 cm³/mol. The lowest BCUT2D eigenvalue weighted by atomic mass is 9.97. The zero-order valence-electron chi connectivity index (χ0n) is 14.5. The van der Waals surface area contributed by atoms with Gasteiger partial charge in [0.1, 0.15) is 0 Å². The van der Waals surface area contributed by atoms with E-state index in [1.54, 1.807) is 0 Å². The Kier molecular flexibility index (Phi) is 5.21. The third kappa shape index (κ3) is 4.05. The minimum atomic E-state index is 0.308. The molecule has 2 aliphatic heterocycles. The molecule has 2 heterocycles. The van der Waals surface area contributed by atoms with Gasteiger partial charge in [0.05, 0.1) is 0 Å². The molecule has 1 atom stereocenters. The van der Waals surface area contributed by atoms with E-state index in [2.05, 4.69) is 41.0 Å². The van der Waals surface area contributed by atoms with E-state index in [0.717, 1.165) is 45.6 Å². The highest BCUT2D eigenvalue weighted by Gasteiger charge is 2.25. The van der Waals surface area contributed by atoms with Gasteiger partial charge in [-0.3, -0.25) is 4.79 Å². The molecule has 1 aromatic carbocycles. The highest BCUT2D eigenvalue weighted by molar-refractivity contribution is 5.76. The Balaban J connectivity index is 1.55. The Morgan fingerprint density at radius 1 is 1.13 bits per heavy atom. The first-order valence-electron chi connectivity index (χ1n) is 8.90. The van der Waals surface area contributed by atoms with Crippen LogP contribution in [0.25, 0.3) is 0 Å². The molecule has 0 aliphatic carbocycles. The molecule has 126 valence electrons. The molecule has 0 N–H and O–H groups in total. The first-order valence-corrected chi connectivity index (χ1v) is 8.90. The topological polar surface area (TPSA) is 26.8 Å². The molecule has 0 radical (unpaired) electrons. The summed E-state index contributed by atoms with van der Waals surface area (Å²) in [5, 5.41) is 0. The van der Waals surface area contributed by atoms with Crippen molar-refractivity contribution in [2.24, 2.45) is 5.92 Å². The zero-order valence-corrected chi connectivity index (χ0v) is 14.5. The van der Waals surface area contributed by atoms with E-state index >= 15 is 0 Å².